The zero-order valence-corrected chi connectivity index (χ0v) is 10.3. The molecule has 1 aromatic rings. The molecule has 0 fully saturated rings. The van der Waals surface area contributed by atoms with Crippen molar-refractivity contribution in [2.45, 2.75) is 45.4 Å². The van der Waals surface area contributed by atoms with E-state index in [0.29, 0.717) is 0 Å². The summed E-state index contributed by atoms with van der Waals surface area (Å²) in [6, 6.07) is 1.98. The van der Waals surface area contributed by atoms with Crippen molar-refractivity contribution in [3.63, 3.8) is 0 Å². The number of methoxy groups -OCH3 is 1. The molecule has 1 heterocycles. The summed E-state index contributed by atoms with van der Waals surface area (Å²) in [6.07, 6.45) is 3.83. The molecule has 2 atom stereocenters. The second kappa shape index (κ2) is 6.62. The molecule has 1 aromatic heterocycles. The van der Waals surface area contributed by atoms with Gasteiger partial charge in [-0.2, -0.15) is 5.10 Å². The Labute approximate surface area is 96.9 Å². The predicted molar refractivity (Wildman–Crippen MR) is 63.7 cm³/mol. The van der Waals surface area contributed by atoms with Gasteiger partial charge in [0.25, 0.3) is 0 Å². The van der Waals surface area contributed by atoms with Crippen molar-refractivity contribution >= 4 is 0 Å². The fraction of sp³-hybridized carbons (Fsp3) is 0.727. The molecule has 0 aromatic carbocycles. The van der Waals surface area contributed by atoms with E-state index in [2.05, 4.69) is 24.4 Å². The summed E-state index contributed by atoms with van der Waals surface area (Å²) >= 11 is 0. The van der Waals surface area contributed by atoms with Crippen LogP contribution in [0.25, 0.3) is 0 Å². The molecule has 0 saturated heterocycles. The third kappa shape index (κ3) is 2.81. The highest BCUT2D eigenvalue weighted by atomic mass is 16.5. The number of aromatic nitrogens is 2. The van der Waals surface area contributed by atoms with Gasteiger partial charge in [0.2, 0.25) is 0 Å². The Hall–Kier alpha value is -0.910. The van der Waals surface area contributed by atoms with E-state index in [1.165, 1.54) is 0 Å². The largest absolute Gasteiger partial charge is 0.379 e. The van der Waals surface area contributed by atoms with E-state index in [4.69, 9.17) is 10.6 Å². The minimum absolute atomic E-state index is 0.0101. The van der Waals surface area contributed by atoms with E-state index < -0.39 is 0 Å². The number of nitrogens with one attached hydrogen (secondary N) is 1. The summed E-state index contributed by atoms with van der Waals surface area (Å²) in [6.45, 7) is 5.11. The molecule has 0 saturated carbocycles. The van der Waals surface area contributed by atoms with Gasteiger partial charge < -0.3 is 4.74 Å². The lowest BCUT2D eigenvalue weighted by atomic mass is 10.1. The minimum Gasteiger partial charge on any atom is -0.379 e. The van der Waals surface area contributed by atoms with E-state index in [9.17, 15) is 0 Å². The number of aryl methyl sites for hydroxylation is 1. The molecular weight excluding hydrogens is 204 g/mol. The summed E-state index contributed by atoms with van der Waals surface area (Å²) in [5.41, 5.74) is 3.90. The standard InChI is InChI=1S/C11H22N4O/c1-4-8-15-9(6-7-13-15)11(14-12)10(5-2)16-3/h6-7,10-11,14H,4-5,8,12H2,1-3H3. The third-order valence-corrected chi connectivity index (χ3v) is 2.76. The van der Waals surface area contributed by atoms with Crippen LogP contribution in [-0.4, -0.2) is 23.0 Å². The molecule has 0 aliphatic rings. The van der Waals surface area contributed by atoms with Crippen molar-refractivity contribution in [1.82, 2.24) is 15.2 Å². The van der Waals surface area contributed by atoms with Crippen LogP contribution in [0.3, 0.4) is 0 Å². The maximum Gasteiger partial charge on any atom is 0.0890 e. The molecule has 5 heteroatoms. The van der Waals surface area contributed by atoms with E-state index in [1.807, 2.05) is 10.7 Å². The van der Waals surface area contributed by atoms with Gasteiger partial charge in [-0.05, 0) is 18.9 Å². The molecule has 1 rings (SSSR count). The monoisotopic (exact) mass is 226 g/mol. The van der Waals surface area contributed by atoms with Crippen LogP contribution in [0.5, 0.6) is 0 Å². The van der Waals surface area contributed by atoms with Crippen LogP contribution >= 0.6 is 0 Å². The Kier molecular flexibility index (Phi) is 5.45. The first-order chi connectivity index (χ1) is 7.78. The lowest BCUT2D eigenvalue weighted by Crippen LogP contribution is -2.38. The summed E-state index contributed by atoms with van der Waals surface area (Å²) in [5.74, 6) is 5.61. The first kappa shape index (κ1) is 13.2. The Bertz CT molecular complexity index is 296. The van der Waals surface area contributed by atoms with Crippen LogP contribution in [0.15, 0.2) is 12.3 Å². The van der Waals surface area contributed by atoms with Crippen LogP contribution < -0.4 is 11.3 Å². The summed E-state index contributed by atoms with van der Waals surface area (Å²) < 4.78 is 7.40. The zero-order valence-electron chi connectivity index (χ0n) is 10.3. The van der Waals surface area contributed by atoms with Crippen LogP contribution in [0.1, 0.15) is 38.4 Å². The average molecular weight is 226 g/mol. The van der Waals surface area contributed by atoms with Gasteiger partial charge >= 0.3 is 0 Å². The van der Waals surface area contributed by atoms with E-state index in [-0.39, 0.29) is 12.1 Å². The van der Waals surface area contributed by atoms with Crippen LogP contribution in [0, 0.1) is 0 Å². The highest BCUT2D eigenvalue weighted by Crippen LogP contribution is 2.20. The highest BCUT2D eigenvalue weighted by molar-refractivity contribution is 5.09. The van der Waals surface area contributed by atoms with Crippen LogP contribution in [0.4, 0.5) is 0 Å². The fourth-order valence-electron chi connectivity index (χ4n) is 1.93. The maximum atomic E-state index is 5.61. The van der Waals surface area contributed by atoms with E-state index in [0.717, 1.165) is 25.1 Å². The lowest BCUT2D eigenvalue weighted by Gasteiger charge is -2.25. The van der Waals surface area contributed by atoms with Crippen molar-refractivity contribution in [3.8, 4) is 0 Å². The average Bonchev–Trinajstić information content (AvgIpc) is 2.74. The quantitative estimate of drug-likeness (QED) is 0.542. The fourth-order valence-corrected chi connectivity index (χ4v) is 1.93. The molecule has 0 spiro atoms. The molecule has 92 valence electrons. The molecule has 16 heavy (non-hydrogen) atoms. The van der Waals surface area contributed by atoms with Crippen molar-refractivity contribution in [3.05, 3.63) is 18.0 Å². The molecule has 0 radical (unpaired) electrons. The van der Waals surface area contributed by atoms with Gasteiger partial charge in [-0.25, -0.2) is 5.43 Å². The summed E-state index contributed by atoms with van der Waals surface area (Å²) in [5, 5.41) is 4.29. The van der Waals surface area contributed by atoms with Gasteiger partial charge in [0.15, 0.2) is 0 Å². The van der Waals surface area contributed by atoms with Crippen molar-refractivity contribution in [2.75, 3.05) is 7.11 Å². The first-order valence-electron chi connectivity index (χ1n) is 5.79. The van der Waals surface area contributed by atoms with Crippen molar-refractivity contribution in [1.29, 1.82) is 0 Å². The number of hydrogen-bond acceptors (Lipinski definition) is 4. The SMILES string of the molecule is CCCn1nccc1C(NN)C(CC)OC. The molecule has 0 bridgehead atoms. The number of rotatable bonds is 7. The zero-order chi connectivity index (χ0) is 12.0. The Morgan fingerprint density at radius 2 is 2.31 bits per heavy atom. The molecule has 3 N–H and O–H groups in total. The Morgan fingerprint density at radius 3 is 2.81 bits per heavy atom. The lowest BCUT2D eigenvalue weighted by molar-refractivity contribution is 0.0622. The topological polar surface area (TPSA) is 65.1 Å². The van der Waals surface area contributed by atoms with Crippen molar-refractivity contribution < 1.29 is 4.74 Å². The molecular formula is C11H22N4O. The van der Waals surface area contributed by atoms with Crippen LogP contribution in [-0.2, 0) is 11.3 Å². The first-order valence-corrected chi connectivity index (χ1v) is 5.79. The Morgan fingerprint density at radius 1 is 1.56 bits per heavy atom. The van der Waals surface area contributed by atoms with Gasteiger partial charge in [-0.15, -0.1) is 0 Å². The number of hydrazine groups is 1. The summed E-state index contributed by atoms with van der Waals surface area (Å²) in [7, 11) is 1.71. The van der Waals surface area contributed by atoms with E-state index in [1.54, 1.807) is 13.3 Å². The predicted octanol–water partition coefficient (Wildman–Crippen LogP) is 1.22. The van der Waals surface area contributed by atoms with Crippen LogP contribution in [0.2, 0.25) is 0 Å². The highest BCUT2D eigenvalue weighted by Gasteiger charge is 2.23. The second-order valence-electron chi connectivity index (χ2n) is 3.81. The molecule has 0 aliphatic heterocycles. The summed E-state index contributed by atoms with van der Waals surface area (Å²) in [4.78, 5) is 0. The Balaban J connectivity index is 2.88. The van der Waals surface area contributed by atoms with Gasteiger partial charge in [0, 0.05) is 19.9 Å². The van der Waals surface area contributed by atoms with Gasteiger partial charge in [0.1, 0.15) is 0 Å². The maximum absolute atomic E-state index is 5.61. The number of ether oxygens (including phenoxy) is 1. The van der Waals surface area contributed by atoms with Gasteiger partial charge in [-0.3, -0.25) is 10.5 Å². The van der Waals surface area contributed by atoms with Gasteiger partial charge in [0.05, 0.1) is 17.8 Å². The van der Waals surface area contributed by atoms with E-state index >= 15 is 0 Å². The minimum atomic E-state index is -0.0101. The molecule has 0 amide bonds. The molecule has 5 nitrogen and oxygen atoms in total. The smallest absolute Gasteiger partial charge is 0.0890 e. The van der Waals surface area contributed by atoms with Crippen molar-refractivity contribution in [2.24, 2.45) is 5.84 Å². The molecule has 2 unspecified atom stereocenters. The third-order valence-electron chi connectivity index (χ3n) is 2.76. The number of nitrogens with zero attached hydrogens (tertiary/aromatic N) is 2. The second-order valence-corrected chi connectivity index (χ2v) is 3.81. The van der Waals surface area contributed by atoms with Gasteiger partial charge in [-0.1, -0.05) is 13.8 Å². The number of hydrogen-bond donors (Lipinski definition) is 2. The molecule has 0 aliphatic carbocycles. The normalized spacial score (nSPS) is 15.0. The number of nitrogens with two attached hydrogens (primary N) is 1.